The average molecular weight is 431 g/mol. The number of hydrogen-bond acceptors (Lipinski definition) is 5. The summed E-state index contributed by atoms with van der Waals surface area (Å²) in [7, 11) is 0. The van der Waals surface area contributed by atoms with E-state index in [9.17, 15) is 4.79 Å². The number of unbranched alkanes of at least 4 members (excludes halogenated alkanes) is 14. The molecule has 0 aliphatic heterocycles. The van der Waals surface area contributed by atoms with Crippen LogP contribution in [0.5, 0.6) is 0 Å². The number of rotatable bonds is 22. The summed E-state index contributed by atoms with van der Waals surface area (Å²) in [6.07, 6.45) is 20.0. The molecule has 0 amide bonds. The molecule has 0 aromatic heterocycles. The minimum absolute atomic E-state index is 0.0573. The maximum absolute atomic E-state index is 11.6. The zero-order valence-electron chi connectivity index (χ0n) is 19.2. The van der Waals surface area contributed by atoms with Crippen molar-refractivity contribution in [2.24, 2.45) is 0 Å². The minimum Gasteiger partial charge on any atom is -0.485 e. The number of carbonyl (C=O) groups is 1. The molecule has 0 saturated heterocycles. The van der Waals surface area contributed by atoms with Gasteiger partial charge in [0, 0.05) is 0 Å². The number of carbonyl (C=O) groups excluding carboxylic acids is 1. The van der Waals surface area contributed by atoms with E-state index in [4.69, 9.17) is 26.4 Å². The van der Waals surface area contributed by atoms with Crippen molar-refractivity contribution in [3.05, 3.63) is 0 Å². The summed E-state index contributed by atoms with van der Waals surface area (Å²) >= 11 is 5.13. The first-order valence-electron chi connectivity index (χ1n) is 12.1. The maximum atomic E-state index is 11.6. The van der Waals surface area contributed by atoms with Crippen LogP contribution in [0.1, 0.15) is 117 Å². The Balaban J connectivity index is 3.31. The fraction of sp³-hybridized carbons (Fsp3) is 0.917. The van der Waals surface area contributed by atoms with Crippen LogP contribution in [0.4, 0.5) is 0 Å². The van der Waals surface area contributed by atoms with Gasteiger partial charge in [-0.2, -0.15) is 0 Å². The average Bonchev–Trinajstić information content (AvgIpc) is 2.71. The molecule has 0 aromatic rings. The Labute approximate surface area is 185 Å². The van der Waals surface area contributed by atoms with Crippen LogP contribution in [0.3, 0.4) is 0 Å². The quantitative estimate of drug-likeness (QED) is 0.103. The van der Waals surface area contributed by atoms with Gasteiger partial charge < -0.3 is 14.2 Å². The molecule has 0 aliphatic rings. The monoisotopic (exact) mass is 430 g/mol. The third kappa shape index (κ3) is 23.5. The van der Waals surface area contributed by atoms with Crippen molar-refractivity contribution >= 4 is 23.2 Å². The Hall–Kier alpha value is -0.680. The molecule has 5 heteroatoms. The normalized spacial score (nSPS) is 10.8. The molecule has 29 heavy (non-hydrogen) atoms. The first-order chi connectivity index (χ1) is 14.2. The molecule has 0 spiro atoms. The van der Waals surface area contributed by atoms with Gasteiger partial charge in [0.05, 0.1) is 13.2 Å². The van der Waals surface area contributed by atoms with E-state index in [0.717, 1.165) is 19.3 Å². The largest absolute Gasteiger partial charge is 0.485 e. The molecule has 172 valence electrons. The van der Waals surface area contributed by atoms with E-state index in [0.29, 0.717) is 18.3 Å². The van der Waals surface area contributed by atoms with E-state index in [-0.39, 0.29) is 19.2 Å². The van der Waals surface area contributed by atoms with Crippen LogP contribution in [-0.4, -0.2) is 37.4 Å². The Morgan fingerprint density at radius 1 is 0.586 bits per heavy atom. The Morgan fingerprint density at radius 3 is 1.48 bits per heavy atom. The lowest BCUT2D eigenvalue weighted by Gasteiger charge is -2.09. The third-order valence-electron chi connectivity index (χ3n) is 4.96. The second kappa shape index (κ2) is 23.6. The van der Waals surface area contributed by atoms with Crippen LogP contribution in [-0.2, 0) is 19.0 Å². The lowest BCUT2D eigenvalue weighted by molar-refractivity contribution is -0.148. The van der Waals surface area contributed by atoms with Gasteiger partial charge in [-0.05, 0) is 25.1 Å². The Kier molecular flexibility index (Phi) is 23.0. The molecule has 0 heterocycles. The van der Waals surface area contributed by atoms with Crippen LogP contribution < -0.4 is 0 Å². The highest BCUT2D eigenvalue weighted by molar-refractivity contribution is 7.80. The summed E-state index contributed by atoms with van der Waals surface area (Å²) in [5.41, 5.74) is 0. The van der Waals surface area contributed by atoms with Crippen molar-refractivity contribution in [3.63, 3.8) is 0 Å². The SMILES string of the molecule is CCCCCCCCCCOC(=O)COCC(=S)OCCCCCCCCCC. The van der Waals surface area contributed by atoms with E-state index in [1.807, 2.05) is 0 Å². The van der Waals surface area contributed by atoms with Gasteiger partial charge in [0.2, 0.25) is 0 Å². The predicted molar refractivity (Wildman–Crippen MR) is 126 cm³/mol. The van der Waals surface area contributed by atoms with Crippen molar-refractivity contribution in [2.45, 2.75) is 117 Å². The summed E-state index contributed by atoms with van der Waals surface area (Å²) in [6, 6.07) is 0. The fourth-order valence-corrected chi connectivity index (χ4v) is 3.31. The van der Waals surface area contributed by atoms with Crippen LogP contribution >= 0.6 is 12.2 Å². The molecular formula is C24H46O4S. The van der Waals surface area contributed by atoms with Crippen molar-refractivity contribution in [2.75, 3.05) is 26.4 Å². The van der Waals surface area contributed by atoms with Gasteiger partial charge in [-0.25, -0.2) is 4.79 Å². The molecule has 0 bridgehead atoms. The Bertz CT molecular complexity index is 340. The molecule has 0 N–H and O–H groups in total. The second-order valence-corrected chi connectivity index (χ2v) is 8.34. The molecular weight excluding hydrogens is 384 g/mol. The molecule has 0 aromatic carbocycles. The fourth-order valence-electron chi connectivity index (χ4n) is 3.14. The zero-order chi connectivity index (χ0) is 21.4. The standard InChI is InChI=1S/C24H46O4S/c1-3-5-7-9-11-13-15-17-19-27-23(25)21-26-22-24(29)28-20-18-16-14-12-10-8-6-4-2/h3-22H2,1-2H3. The van der Waals surface area contributed by atoms with Gasteiger partial charge in [0.15, 0.2) is 5.05 Å². The molecule has 0 unspecified atom stereocenters. The van der Waals surface area contributed by atoms with Gasteiger partial charge in [-0.3, -0.25) is 0 Å². The first kappa shape index (κ1) is 28.3. The first-order valence-corrected chi connectivity index (χ1v) is 12.5. The molecule has 0 atom stereocenters. The zero-order valence-corrected chi connectivity index (χ0v) is 20.0. The van der Waals surface area contributed by atoms with Crippen LogP contribution in [0.15, 0.2) is 0 Å². The molecule has 4 nitrogen and oxygen atoms in total. The summed E-state index contributed by atoms with van der Waals surface area (Å²) in [6.45, 7) is 5.72. The molecule has 0 saturated carbocycles. The molecule has 0 rings (SSSR count). The van der Waals surface area contributed by atoms with E-state index in [2.05, 4.69) is 13.8 Å². The van der Waals surface area contributed by atoms with Crippen molar-refractivity contribution in [1.82, 2.24) is 0 Å². The van der Waals surface area contributed by atoms with E-state index >= 15 is 0 Å². The predicted octanol–water partition coefficient (Wildman–Crippen LogP) is 7.17. The Morgan fingerprint density at radius 2 is 1.00 bits per heavy atom. The van der Waals surface area contributed by atoms with Gasteiger partial charge in [-0.15, -0.1) is 0 Å². The van der Waals surface area contributed by atoms with Crippen LogP contribution in [0.25, 0.3) is 0 Å². The van der Waals surface area contributed by atoms with Crippen molar-refractivity contribution < 1.29 is 19.0 Å². The summed E-state index contributed by atoms with van der Waals surface area (Å²) in [4.78, 5) is 11.6. The summed E-state index contributed by atoms with van der Waals surface area (Å²) < 4.78 is 15.9. The molecule has 0 fully saturated rings. The van der Waals surface area contributed by atoms with Crippen molar-refractivity contribution in [1.29, 1.82) is 0 Å². The highest BCUT2D eigenvalue weighted by atomic mass is 32.1. The maximum Gasteiger partial charge on any atom is 0.332 e. The van der Waals surface area contributed by atoms with Crippen LogP contribution in [0.2, 0.25) is 0 Å². The summed E-state index contributed by atoms with van der Waals surface area (Å²) in [5, 5.41) is 0.420. The van der Waals surface area contributed by atoms with Crippen molar-refractivity contribution in [3.8, 4) is 0 Å². The number of hydrogen-bond donors (Lipinski definition) is 0. The van der Waals surface area contributed by atoms with Gasteiger partial charge in [0.1, 0.15) is 13.2 Å². The lowest BCUT2D eigenvalue weighted by Crippen LogP contribution is -2.18. The van der Waals surface area contributed by atoms with E-state index < -0.39 is 0 Å². The topological polar surface area (TPSA) is 44.8 Å². The highest BCUT2D eigenvalue weighted by Gasteiger charge is 2.05. The number of esters is 1. The second-order valence-electron chi connectivity index (χ2n) is 7.88. The number of ether oxygens (including phenoxy) is 3. The van der Waals surface area contributed by atoms with E-state index in [1.165, 1.54) is 83.5 Å². The molecule has 0 aliphatic carbocycles. The molecule has 0 radical (unpaired) electrons. The van der Waals surface area contributed by atoms with Crippen LogP contribution in [0, 0.1) is 0 Å². The highest BCUT2D eigenvalue weighted by Crippen LogP contribution is 2.09. The van der Waals surface area contributed by atoms with E-state index in [1.54, 1.807) is 0 Å². The van der Waals surface area contributed by atoms with Gasteiger partial charge >= 0.3 is 5.97 Å². The number of thiocarbonyl (C=S) groups is 1. The minimum atomic E-state index is -0.321. The lowest BCUT2D eigenvalue weighted by atomic mass is 10.1. The summed E-state index contributed by atoms with van der Waals surface area (Å²) in [5.74, 6) is -0.321. The van der Waals surface area contributed by atoms with Gasteiger partial charge in [-0.1, -0.05) is 104 Å². The smallest absolute Gasteiger partial charge is 0.332 e. The third-order valence-corrected chi connectivity index (χ3v) is 5.20. The van der Waals surface area contributed by atoms with Gasteiger partial charge in [0.25, 0.3) is 0 Å².